The number of ether oxygens (including phenoxy) is 1. The lowest BCUT2D eigenvalue weighted by molar-refractivity contribution is 0.0946. The van der Waals surface area contributed by atoms with E-state index in [0.717, 1.165) is 36.3 Å². The van der Waals surface area contributed by atoms with E-state index < -0.39 is 10.0 Å². The van der Waals surface area contributed by atoms with Crippen LogP contribution in [0.15, 0.2) is 66.0 Å². The van der Waals surface area contributed by atoms with Crippen LogP contribution in [0.2, 0.25) is 0 Å². The Kier molecular flexibility index (Phi) is 6.57. The van der Waals surface area contributed by atoms with Crippen LogP contribution in [0.1, 0.15) is 35.3 Å². The van der Waals surface area contributed by atoms with Crippen molar-refractivity contribution in [3.8, 4) is 11.4 Å². The van der Waals surface area contributed by atoms with E-state index in [1.807, 2.05) is 24.3 Å². The summed E-state index contributed by atoms with van der Waals surface area (Å²) in [5.74, 6) is 0.470. The second kappa shape index (κ2) is 9.54. The molecular formula is C23H26N4O4S. The quantitative estimate of drug-likeness (QED) is 0.592. The van der Waals surface area contributed by atoms with E-state index in [-0.39, 0.29) is 16.5 Å². The van der Waals surface area contributed by atoms with Crippen molar-refractivity contribution in [3.05, 3.63) is 72.3 Å². The molecule has 8 nitrogen and oxygen atoms in total. The smallest absolute Gasteiger partial charge is 0.271 e. The van der Waals surface area contributed by atoms with Gasteiger partial charge in [-0.3, -0.25) is 4.79 Å². The Morgan fingerprint density at radius 3 is 2.38 bits per heavy atom. The lowest BCUT2D eigenvalue weighted by Gasteiger charge is -2.25. The number of piperidine rings is 1. The molecule has 3 aromatic rings. The number of hydrogen-bond acceptors (Lipinski definition) is 5. The van der Waals surface area contributed by atoms with E-state index in [2.05, 4.69) is 10.3 Å². The summed E-state index contributed by atoms with van der Waals surface area (Å²) < 4.78 is 34.0. The highest BCUT2D eigenvalue weighted by Crippen LogP contribution is 2.22. The highest BCUT2D eigenvalue weighted by atomic mass is 32.2. The van der Waals surface area contributed by atoms with Gasteiger partial charge in [0.05, 0.1) is 12.0 Å². The minimum Gasteiger partial charge on any atom is -0.497 e. The fourth-order valence-corrected chi connectivity index (χ4v) is 5.16. The number of nitrogens with zero attached hydrogens (tertiary/aromatic N) is 3. The molecule has 1 aliphatic rings. The van der Waals surface area contributed by atoms with Crippen LogP contribution < -0.4 is 10.1 Å². The molecule has 168 valence electrons. The average Bonchev–Trinajstić information content (AvgIpc) is 3.34. The van der Waals surface area contributed by atoms with Crippen molar-refractivity contribution in [2.24, 2.45) is 0 Å². The zero-order chi connectivity index (χ0) is 22.6. The van der Waals surface area contributed by atoms with Gasteiger partial charge in [0.2, 0.25) is 10.0 Å². The van der Waals surface area contributed by atoms with Crippen LogP contribution in [-0.4, -0.2) is 48.4 Å². The van der Waals surface area contributed by atoms with Gasteiger partial charge in [-0.05, 0) is 54.8 Å². The largest absolute Gasteiger partial charge is 0.497 e. The molecule has 0 radical (unpaired) electrons. The van der Waals surface area contributed by atoms with Crippen LogP contribution >= 0.6 is 0 Å². The third-order valence-electron chi connectivity index (χ3n) is 5.52. The number of hydrogen-bond donors (Lipinski definition) is 1. The highest BCUT2D eigenvalue weighted by Gasteiger charge is 2.25. The van der Waals surface area contributed by atoms with Gasteiger partial charge in [0, 0.05) is 31.5 Å². The van der Waals surface area contributed by atoms with Gasteiger partial charge < -0.3 is 14.6 Å². The fourth-order valence-electron chi connectivity index (χ4n) is 3.64. The first-order chi connectivity index (χ1) is 15.5. The molecule has 0 saturated carbocycles. The van der Waals surface area contributed by atoms with E-state index in [4.69, 9.17) is 4.74 Å². The zero-order valence-corrected chi connectivity index (χ0v) is 18.7. The molecular weight excluding hydrogens is 428 g/mol. The van der Waals surface area contributed by atoms with Gasteiger partial charge in [0.1, 0.15) is 17.8 Å². The Morgan fingerprint density at radius 1 is 1.03 bits per heavy atom. The standard InChI is InChI=1S/C23H26N4O4S/c1-31-20-9-5-18(6-10-20)15-24-23(28)22-16-26(17-25-22)19-7-11-21(12-8-19)32(29,30)27-13-3-2-4-14-27/h5-12,16-17H,2-4,13-15H2,1H3,(H,24,28). The molecule has 4 rings (SSSR count). The van der Waals surface area contributed by atoms with Gasteiger partial charge >= 0.3 is 0 Å². The van der Waals surface area contributed by atoms with Crippen LogP contribution in [0.3, 0.4) is 0 Å². The molecule has 0 atom stereocenters. The lowest BCUT2D eigenvalue weighted by atomic mass is 10.2. The molecule has 1 amide bonds. The maximum absolute atomic E-state index is 12.8. The molecule has 0 bridgehead atoms. The molecule has 0 aliphatic carbocycles. The van der Waals surface area contributed by atoms with E-state index in [9.17, 15) is 13.2 Å². The van der Waals surface area contributed by atoms with Crippen molar-refractivity contribution in [1.29, 1.82) is 0 Å². The van der Waals surface area contributed by atoms with Crippen LogP contribution in [-0.2, 0) is 16.6 Å². The Hall–Kier alpha value is -3.17. The second-order valence-corrected chi connectivity index (χ2v) is 9.59. The maximum atomic E-state index is 12.8. The van der Waals surface area contributed by atoms with Gasteiger partial charge in [0.25, 0.3) is 5.91 Å². The SMILES string of the molecule is COc1ccc(CNC(=O)c2cn(-c3ccc(S(=O)(=O)N4CCCCC4)cc3)cn2)cc1. The molecule has 2 aromatic carbocycles. The Bertz CT molecular complexity index is 1170. The van der Waals surface area contributed by atoms with Crippen molar-refractivity contribution >= 4 is 15.9 Å². The summed E-state index contributed by atoms with van der Waals surface area (Å²) in [6, 6.07) is 14.1. The van der Waals surface area contributed by atoms with Gasteiger partial charge in [0.15, 0.2) is 0 Å². The minimum absolute atomic E-state index is 0.278. The fraction of sp³-hybridized carbons (Fsp3) is 0.304. The monoisotopic (exact) mass is 454 g/mol. The number of rotatable bonds is 7. The average molecular weight is 455 g/mol. The summed E-state index contributed by atoms with van der Waals surface area (Å²) >= 11 is 0. The molecule has 32 heavy (non-hydrogen) atoms. The number of imidazole rings is 1. The molecule has 1 N–H and O–H groups in total. The molecule has 1 fully saturated rings. The topological polar surface area (TPSA) is 93.5 Å². The molecule has 1 aliphatic heterocycles. The molecule has 9 heteroatoms. The first kappa shape index (κ1) is 22.0. The van der Waals surface area contributed by atoms with Gasteiger partial charge in [-0.2, -0.15) is 4.31 Å². The number of benzene rings is 2. The van der Waals surface area contributed by atoms with Crippen LogP contribution in [0.25, 0.3) is 5.69 Å². The van der Waals surface area contributed by atoms with E-state index in [0.29, 0.717) is 19.6 Å². The summed E-state index contributed by atoms with van der Waals surface area (Å²) in [5, 5.41) is 2.84. The lowest BCUT2D eigenvalue weighted by Crippen LogP contribution is -2.35. The summed E-state index contributed by atoms with van der Waals surface area (Å²) in [4.78, 5) is 16.9. The maximum Gasteiger partial charge on any atom is 0.271 e. The van der Waals surface area contributed by atoms with Crippen LogP contribution in [0.4, 0.5) is 0 Å². The third-order valence-corrected chi connectivity index (χ3v) is 7.43. The van der Waals surface area contributed by atoms with Gasteiger partial charge in [-0.25, -0.2) is 13.4 Å². The van der Waals surface area contributed by atoms with E-state index in [1.165, 1.54) is 6.33 Å². The normalized spacial score (nSPS) is 14.8. The summed E-state index contributed by atoms with van der Waals surface area (Å²) in [5.41, 5.74) is 1.96. The summed E-state index contributed by atoms with van der Waals surface area (Å²) in [6.07, 6.45) is 6.03. The first-order valence-electron chi connectivity index (χ1n) is 10.5. The van der Waals surface area contributed by atoms with Crippen LogP contribution in [0, 0.1) is 0 Å². The number of carbonyl (C=O) groups excluding carboxylic acids is 1. The zero-order valence-electron chi connectivity index (χ0n) is 17.9. The van der Waals surface area contributed by atoms with Crippen molar-refractivity contribution < 1.29 is 17.9 Å². The number of carbonyl (C=O) groups is 1. The number of methoxy groups -OCH3 is 1. The molecule has 0 spiro atoms. The predicted octanol–water partition coefficient (Wildman–Crippen LogP) is 2.99. The summed E-state index contributed by atoms with van der Waals surface area (Å²) in [6.45, 7) is 1.51. The Labute approximate surface area is 187 Å². The minimum atomic E-state index is -3.47. The number of aromatic nitrogens is 2. The van der Waals surface area contributed by atoms with E-state index in [1.54, 1.807) is 46.4 Å². The van der Waals surface area contributed by atoms with Crippen molar-refractivity contribution in [2.75, 3.05) is 20.2 Å². The van der Waals surface area contributed by atoms with Crippen molar-refractivity contribution in [3.63, 3.8) is 0 Å². The summed E-state index contributed by atoms with van der Waals surface area (Å²) in [7, 11) is -1.87. The second-order valence-electron chi connectivity index (χ2n) is 7.66. The van der Waals surface area contributed by atoms with Crippen LogP contribution in [0.5, 0.6) is 5.75 Å². The van der Waals surface area contributed by atoms with E-state index >= 15 is 0 Å². The van der Waals surface area contributed by atoms with Gasteiger partial charge in [-0.1, -0.05) is 18.6 Å². The molecule has 1 saturated heterocycles. The van der Waals surface area contributed by atoms with Crippen molar-refractivity contribution in [2.45, 2.75) is 30.7 Å². The Morgan fingerprint density at radius 2 is 1.72 bits per heavy atom. The Balaban J connectivity index is 1.40. The third kappa shape index (κ3) is 4.84. The first-order valence-corrected chi connectivity index (χ1v) is 12.0. The van der Waals surface area contributed by atoms with Gasteiger partial charge in [-0.15, -0.1) is 0 Å². The molecule has 2 heterocycles. The highest BCUT2D eigenvalue weighted by molar-refractivity contribution is 7.89. The molecule has 1 aromatic heterocycles. The molecule has 0 unspecified atom stereocenters. The number of amides is 1. The van der Waals surface area contributed by atoms with Crippen molar-refractivity contribution in [1.82, 2.24) is 19.2 Å². The number of nitrogens with one attached hydrogen (secondary N) is 1. The predicted molar refractivity (Wildman–Crippen MR) is 120 cm³/mol. The number of sulfonamides is 1.